The highest BCUT2D eigenvalue weighted by Gasteiger charge is 2.43. The molecule has 3 nitrogen and oxygen atoms in total. The highest BCUT2D eigenvalue weighted by atomic mass is 32.1. The normalized spacial score (nSPS) is 21.4. The predicted molar refractivity (Wildman–Crippen MR) is 68.6 cm³/mol. The van der Waals surface area contributed by atoms with Gasteiger partial charge in [-0.15, -0.1) is 11.3 Å². The van der Waals surface area contributed by atoms with Gasteiger partial charge in [0.15, 0.2) is 5.79 Å². The Bertz CT molecular complexity index is 480. The summed E-state index contributed by atoms with van der Waals surface area (Å²) in [6.45, 7) is 0.425. The van der Waals surface area contributed by atoms with Gasteiger partial charge < -0.3 is 14.8 Å². The third-order valence-corrected chi connectivity index (χ3v) is 4.75. The minimum absolute atomic E-state index is 0.229. The first-order chi connectivity index (χ1) is 9.49. The van der Waals surface area contributed by atoms with Gasteiger partial charge in [0.05, 0.1) is 19.8 Å². The SMILES string of the molecule is FC(F)(F)CNCc1cc2c(s1)CCCC21OCCO1. The zero-order chi connectivity index (χ0) is 14.2. The van der Waals surface area contributed by atoms with Gasteiger partial charge in [0.1, 0.15) is 0 Å². The van der Waals surface area contributed by atoms with Crippen molar-refractivity contribution in [3.8, 4) is 0 Å². The number of ether oxygens (including phenoxy) is 2. The van der Waals surface area contributed by atoms with Crippen LogP contribution in [-0.2, 0) is 28.2 Å². The van der Waals surface area contributed by atoms with Gasteiger partial charge in [0.25, 0.3) is 0 Å². The molecule has 0 unspecified atom stereocenters. The van der Waals surface area contributed by atoms with Gasteiger partial charge in [-0.05, 0) is 18.9 Å². The highest BCUT2D eigenvalue weighted by molar-refractivity contribution is 7.12. The fourth-order valence-corrected chi connectivity index (χ4v) is 4.02. The summed E-state index contributed by atoms with van der Waals surface area (Å²) in [5.74, 6) is -0.633. The summed E-state index contributed by atoms with van der Waals surface area (Å²) >= 11 is 1.56. The van der Waals surface area contributed by atoms with E-state index in [1.54, 1.807) is 11.3 Å². The molecule has 2 heterocycles. The quantitative estimate of drug-likeness (QED) is 0.931. The molecule has 0 saturated carbocycles. The second-order valence-corrected chi connectivity index (χ2v) is 6.29. The molecule has 2 aliphatic rings. The monoisotopic (exact) mass is 307 g/mol. The Kier molecular flexibility index (Phi) is 3.79. The van der Waals surface area contributed by atoms with Crippen LogP contribution in [0, 0.1) is 0 Å². The van der Waals surface area contributed by atoms with Crippen LogP contribution >= 0.6 is 11.3 Å². The molecule has 0 aromatic carbocycles. The Hall–Kier alpha value is -0.630. The van der Waals surface area contributed by atoms with Crippen molar-refractivity contribution in [3.63, 3.8) is 0 Å². The van der Waals surface area contributed by atoms with E-state index in [4.69, 9.17) is 9.47 Å². The summed E-state index contributed by atoms with van der Waals surface area (Å²) in [6.07, 6.45) is -1.40. The average Bonchev–Trinajstić information content (AvgIpc) is 2.96. The van der Waals surface area contributed by atoms with Crippen molar-refractivity contribution in [2.75, 3.05) is 19.8 Å². The molecule has 1 N–H and O–H groups in total. The van der Waals surface area contributed by atoms with Crippen molar-refractivity contribution in [2.24, 2.45) is 0 Å². The molecule has 0 amide bonds. The summed E-state index contributed by atoms with van der Waals surface area (Å²) < 4.78 is 47.9. The molecule has 1 aromatic rings. The van der Waals surface area contributed by atoms with Crippen LogP contribution in [0.15, 0.2) is 6.07 Å². The minimum atomic E-state index is -4.17. The van der Waals surface area contributed by atoms with Gasteiger partial charge in [-0.3, -0.25) is 0 Å². The molecule has 1 aromatic heterocycles. The van der Waals surface area contributed by atoms with E-state index in [1.807, 2.05) is 6.07 Å². The van der Waals surface area contributed by atoms with Crippen molar-refractivity contribution in [3.05, 3.63) is 21.4 Å². The molecule has 112 valence electrons. The van der Waals surface area contributed by atoms with Crippen molar-refractivity contribution in [1.82, 2.24) is 5.32 Å². The number of thiophene rings is 1. The molecule has 1 spiro atoms. The van der Waals surface area contributed by atoms with Crippen LogP contribution in [-0.4, -0.2) is 25.9 Å². The maximum absolute atomic E-state index is 12.1. The van der Waals surface area contributed by atoms with Crippen LogP contribution in [0.25, 0.3) is 0 Å². The fraction of sp³-hybridized carbons (Fsp3) is 0.692. The number of aryl methyl sites for hydroxylation is 1. The molecule has 7 heteroatoms. The maximum atomic E-state index is 12.1. The Morgan fingerprint density at radius 1 is 1.30 bits per heavy atom. The fourth-order valence-electron chi connectivity index (χ4n) is 2.78. The van der Waals surface area contributed by atoms with E-state index in [1.165, 1.54) is 4.88 Å². The topological polar surface area (TPSA) is 30.5 Å². The van der Waals surface area contributed by atoms with Crippen molar-refractivity contribution in [1.29, 1.82) is 0 Å². The van der Waals surface area contributed by atoms with Crippen LogP contribution in [0.4, 0.5) is 13.2 Å². The number of halogens is 3. The van der Waals surface area contributed by atoms with Crippen molar-refractivity contribution >= 4 is 11.3 Å². The van der Waals surface area contributed by atoms with Crippen LogP contribution in [0.3, 0.4) is 0 Å². The van der Waals surface area contributed by atoms with Crippen molar-refractivity contribution < 1.29 is 22.6 Å². The Morgan fingerprint density at radius 2 is 2.05 bits per heavy atom. The summed E-state index contributed by atoms with van der Waals surface area (Å²) in [6, 6.07) is 1.94. The lowest BCUT2D eigenvalue weighted by atomic mass is 9.92. The molecule has 3 rings (SSSR count). The van der Waals surface area contributed by atoms with E-state index in [9.17, 15) is 13.2 Å². The van der Waals surface area contributed by atoms with Crippen LogP contribution in [0.5, 0.6) is 0 Å². The molecule has 20 heavy (non-hydrogen) atoms. The number of fused-ring (bicyclic) bond motifs is 2. The van der Waals surface area contributed by atoms with Gasteiger partial charge in [-0.1, -0.05) is 0 Å². The zero-order valence-corrected chi connectivity index (χ0v) is 11.7. The van der Waals surface area contributed by atoms with E-state index in [2.05, 4.69) is 5.32 Å². The van der Waals surface area contributed by atoms with Gasteiger partial charge in [0.2, 0.25) is 0 Å². The smallest absolute Gasteiger partial charge is 0.343 e. The first-order valence-electron chi connectivity index (χ1n) is 6.66. The number of nitrogens with one attached hydrogen (secondary N) is 1. The number of hydrogen-bond donors (Lipinski definition) is 1. The third-order valence-electron chi connectivity index (χ3n) is 3.56. The molecular weight excluding hydrogens is 291 g/mol. The lowest BCUT2D eigenvalue weighted by molar-refractivity contribution is -0.175. The number of alkyl halides is 3. The first-order valence-corrected chi connectivity index (χ1v) is 7.48. The second-order valence-electron chi connectivity index (χ2n) is 5.07. The molecule has 1 fully saturated rings. The summed E-state index contributed by atoms with van der Waals surface area (Å²) in [4.78, 5) is 2.08. The van der Waals surface area contributed by atoms with Crippen LogP contribution in [0.1, 0.15) is 28.2 Å². The van der Waals surface area contributed by atoms with Crippen molar-refractivity contribution in [2.45, 2.75) is 37.8 Å². The second kappa shape index (κ2) is 5.29. The maximum Gasteiger partial charge on any atom is 0.401 e. The molecule has 0 atom stereocenters. The zero-order valence-electron chi connectivity index (χ0n) is 10.9. The molecule has 1 saturated heterocycles. The predicted octanol–water partition coefficient (Wildman–Crippen LogP) is 2.94. The molecular formula is C13H16F3NO2S. The van der Waals surface area contributed by atoms with Crippen LogP contribution < -0.4 is 5.32 Å². The highest BCUT2D eigenvalue weighted by Crippen LogP contribution is 2.45. The minimum Gasteiger partial charge on any atom is -0.343 e. The van der Waals surface area contributed by atoms with Gasteiger partial charge in [0, 0.05) is 28.3 Å². The molecule has 1 aliphatic carbocycles. The number of rotatable bonds is 3. The van der Waals surface area contributed by atoms with Gasteiger partial charge >= 0.3 is 6.18 Å². The Morgan fingerprint density at radius 3 is 2.75 bits per heavy atom. The third kappa shape index (κ3) is 2.86. The summed E-state index contributed by atoms with van der Waals surface area (Å²) in [5, 5.41) is 2.43. The Balaban J connectivity index is 1.71. The van der Waals surface area contributed by atoms with E-state index in [-0.39, 0.29) is 6.54 Å². The van der Waals surface area contributed by atoms with Gasteiger partial charge in [-0.2, -0.15) is 13.2 Å². The lowest BCUT2D eigenvalue weighted by Crippen LogP contribution is -2.30. The lowest BCUT2D eigenvalue weighted by Gasteiger charge is -2.31. The molecule has 0 bridgehead atoms. The molecule has 0 radical (unpaired) electrons. The van der Waals surface area contributed by atoms with Gasteiger partial charge in [-0.25, -0.2) is 0 Å². The van der Waals surface area contributed by atoms with E-state index < -0.39 is 18.5 Å². The summed E-state index contributed by atoms with van der Waals surface area (Å²) in [5.41, 5.74) is 1.02. The first kappa shape index (κ1) is 14.3. The largest absolute Gasteiger partial charge is 0.401 e. The molecule has 1 aliphatic heterocycles. The van der Waals surface area contributed by atoms with Crippen LogP contribution in [0.2, 0.25) is 0 Å². The Labute approximate surface area is 119 Å². The number of hydrogen-bond acceptors (Lipinski definition) is 4. The van der Waals surface area contributed by atoms with E-state index >= 15 is 0 Å². The standard InChI is InChI=1S/C13H16F3NO2S/c14-13(15,16)8-17-7-9-6-10-11(20-9)2-1-3-12(10)18-4-5-19-12/h6,17H,1-5,7-8H2. The average molecular weight is 307 g/mol. The van der Waals surface area contributed by atoms with E-state index in [0.717, 1.165) is 29.7 Å². The summed E-state index contributed by atoms with van der Waals surface area (Å²) in [7, 11) is 0. The van der Waals surface area contributed by atoms with E-state index in [0.29, 0.717) is 13.2 Å².